The Labute approximate surface area is 91.7 Å². The summed E-state index contributed by atoms with van der Waals surface area (Å²) in [7, 11) is 0. The summed E-state index contributed by atoms with van der Waals surface area (Å²) in [6.07, 6.45) is -0.274. The van der Waals surface area contributed by atoms with Gasteiger partial charge in [0.05, 0.1) is 13.2 Å². The molecular weight excluding hydrogens is 244 g/mol. The highest BCUT2D eigenvalue weighted by molar-refractivity contribution is 9.10. The second-order valence-electron chi connectivity index (χ2n) is 3.11. The minimum atomic E-state index is -0.274. The molecule has 0 spiro atoms. The Kier molecular flexibility index (Phi) is 3.01. The van der Waals surface area contributed by atoms with Crippen molar-refractivity contribution < 1.29 is 9.47 Å². The number of rotatable bonds is 2. The van der Waals surface area contributed by atoms with E-state index in [1.807, 2.05) is 24.3 Å². The predicted octanol–water partition coefficient (Wildman–Crippen LogP) is 2.84. The molecule has 1 aliphatic heterocycles. The van der Waals surface area contributed by atoms with Gasteiger partial charge in [-0.1, -0.05) is 34.6 Å². The van der Waals surface area contributed by atoms with Gasteiger partial charge in [-0.05, 0) is 17.7 Å². The molecule has 0 aliphatic carbocycles. The molecule has 0 saturated carbocycles. The van der Waals surface area contributed by atoms with Gasteiger partial charge >= 0.3 is 0 Å². The van der Waals surface area contributed by atoms with E-state index in [9.17, 15) is 0 Å². The van der Waals surface area contributed by atoms with Gasteiger partial charge in [0.1, 0.15) is 0 Å². The highest BCUT2D eigenvalue weighted by Gasteiger charge is 2.20. The minimum absolute atomic E-state index is 0.274. The van der Waals surface area contributed by atoms with Crippen LogP contribution in [-0.4, -0.2) is 19.5 Å². The average molecular weight is 255 g/mol. The van der Waals surface area contributed by atoms with Crippen LogP contribution in [0.15, 0.2) is 35.3 Å². The molecule has 0 aromatic heterocycles. The molecule has 0 atom stereocenters. The van der Waals surface area contributed by atoms with E-state index in [0.717, 1.165) is 15.6 Å². The molecule has 1 heterocycles. The van der Waals surface area contributed by atoms with Crippen molar-refractivity contribution in [3.8, 4) is 0 Å². The molecule has 1 aromatic rings. The van der Waals surface area contributed by atoms with Crippen LogP contribution in [0, 0.1) is 0 Å². The normalized spacial score (nSPS) is 17.2. The van der Waals surface area contributed by atoms with Gasteiger partial charge in [0, 0.05) is 10.0 Å². The quantitative estimate of drug-likeness (QED) is 0.809. The molecule has 1 aromatic carbocycles. The zero-order valence-electron chi connectivity index (χ0n) is 7.70. The first kappa shape index (κ1) is 9.90. The van der Waals surface area contributed by atoms with Crippen LogP contribution in [0.25, 0.3) is 5.57 Å². The lowest BCUT2D eigenvalue weighted by Gasteiger charge is -2.12. The molecular formula is C11H11BrO2. The number of hydrogen-bond donors (Lipinski definition) is 0. The van der Waals surface area contributed by atoms with Crippen molar-refractivity contribution in [3.63, 3.8) is 0 Å². The topological polar surface area (TPSA) is 18.5 Å². The summed E-state index contributed by atoms with van der Waals surface area (Å²) in [5, 5.41) is 0. The molecule has 1 fully saturated rings. The van der Waals surface area contributed by atoms with Crippen LogP contribution < -0.4 is 0 Å². The molecule has 2 rings (SSSR count). The van der Waals surface area contributed by atoms with E-state index in [4.69, 9.17) is 9.47 Å². The Morgan fingerprint density at radius 1 is 1.36 bits per heavy atom. The van der Waals surface area contributed by atoms with Crippen molar-refractivity contribution in [1.29, 1.82) is 0 Å². The minimum Gasteiger partial charge on any atom is -0.346 e. The molecule has 1 saturated heterocycles. The molecule has 0 unspecified atom stereocenters. The molecule has 74 valence electrons. The predicted molar refractivity (Wildman–Crippen MR) is 58.9 cm³/mol. The maximum Gasteiger partial charge on any atom is 0.184 e. The van der Waals surface area contributed by atoms with Crippen molar-refractivity contribution >= 4 is 21.5 Å². The summed E-state index contributed by atoms with van der Waals surface area (Å²) in [6.45, 7) is 5.28. The highest BCUT2D eigenvalue weighted by atomic mass is 79.9. The van der Waals surface area contributed by atoms with Crippen molar-refractivity contribution in [1.82, 2.24) is 0 Å². The standard InChI is InChI=1S/C11H11BrO2/c1-8(11-13-5-6-14-11)9-3-2-4-10(12)7-9/h2-4,7,11H,1,5-6H2. The van der Waals surface area contributed by atoms with E-state index < -0.39 is 0 Å². The van der Waals surface area contributed by atoms with Gasteiger partial charge in [-0.25, -0.2) is 0 Å². The van der Waals surface area contributed by atoms with Crippen LogP contribution in [0.2, 0.25) is 0 Å². The zero-order valence-corrected chi connectivity index (χ0v) is 9.29. The second kappa shape index (κ2) is 4.26. The van der Waals surface area contributed by atoms with E-state index in [-0.39, 0.29) is 6.29 Å². The van der Waals surface area contributed by atoms with Gasteiger partial charge in [-0.15, -0.1) is 0 Å². The summed E-state index contributed by atoms with van der Waals surface area (Å²) >= 11 is 3.42. The van der Waals surface area contributed by atoms with Crippen LogP contribution in [0.1, 0.15) is 5.56 Å². The summed E-state index contributed by atoms with van der Waals surface area (Å²) in [6, 6.07) is 7.96. The third kappa shape index (κ3) is 2.05. The van der Waals surface area contributed by atoms with E-state index in [2.05, 4.69) is 22.5 Å². The first-order valence-corrected chi connectivity index (χ1v) is 5.24. The zero-order chi connectivity index (χ0) is 9.97. The average Bonchev–Trinajstić information content (AvgIpc) is 2.69. The van der Waals surface area contributed by atoms with E-state index >= 15 is 0 Å². The van der Waals surface area contributed by atoms with Crippen LogP contribution in [-0.2, 0) is 9.47 Å². The van der Waals surface area contributed by atoms with Gasteiger partial charge in [0.2, 0.25) is 0 Å². The van der Waals surface area contributed by atoms with E-state index in [0.29, 0.717) is 13.2 Å². The van der Waals surface area contributed by atoms with Crippen LogP contribution >= 0.6 is 15.9 Å². The molecule has 2 nitrogen and oxygen atoms in total. The summed E-state index contributed by atoms with van der Waals surface area (Å²) in [4.78, 5) is 0. The monoisotopic (exact) mass is 254 g/mol. The van der Waals surface area contributed by atoms with Crippen molar-refractivity contribution in [2.45, 2.75) is 6.29 Å². The van der Waals surface area contributed by atoms with Crippen LogP contribution in [0.5, 0.6) is 0 Å². The fourth-order valence-corrected chi connectivity index (χ4v) is 1.78. The lowest BCUT2D eigenvalue weighted by atomic mass is 10.1. The van der Waals surface area contributed by atoms with Gasteiger partial charge < -0.3 is 9.47 Å². The largest absolute Gasteiger partial charge is 0.346 e. The third-order valence-electron chi connectivity index (χ3n) is 2.10. The van der Waals surface area contributed by atoms with Crippen molar-refractivity contribution in [2.24, 2.45) is 0 Å². The molecule has 3 heteroatoms. The number of hydrogen-bond acceptors (Lipinski definition) is 2. The van der Waals surface area contributed by atoms with Crippen LogP contribution in [0.3, 0.4) is 0 Å². The fraction of sp³-hybridized carbons (Fsp3) is 0.273. The second-order valence-corrected chi connectivity index (χ2v) is 4.02. The maximum atomic E-state index is 5.37. The molecule has 0 N–H and O–H groups in total. The summed E-state index contributed by atoms with van der Waals surface area (Å²) < 4.78 is 11.8. The third-order valence-corrected chi connectivity index (χ3v) is 2.59. The molecule has 1 aliphatic rings. The van der Waals surface area contributed by atoms with E-state index in [1.165, 1.54) is 0 Å². The Balaban J connectivity index is 2.17. The lowest BCUT2D eigenvalue weighted by molar-refractivity contribution is 0.00711. The van der Waals surface area contributed by atoms with Crippen molar-refractivity contribution in [2.75, 3.05) is 13.2 Å². The molecule has 0 amide bonds. The maximum absolute atomic E-state index is 5.37. The smallest absolute Gasteiger partial charge is 0.184 e. The van der Waals surface area contributed by atoms with Crippen LogP contribution in [0.4, 0.5) is 0 Å². The highest BCUT2D eigenvalue weighted by Crippen LogP contribution is 2.24. The van der Waals surface area contributed by atoms with Gasteiger partial charge in [-0.3, -0.25) is 0 Å². The number of halogens is 1. The Morgan fingerprint density at radius 2 is 2.07 bits per heavy atom. The first-order valence-electron chi connectivity index (χ1n) is 4.45. The number of ether oxygens (including phenoxy) is 2. The lowest BCUT2D eigenvalue weighted by Crippen LogP contribution is -2.09. The van der Waals surface area contributed by atoms with Gasteiger partial charge in [0.15, 0.2) is 6.29 Å². The summed E-state index contributed by atoms with van der Waals surface area (Å²) in [5.41, 5.74) is 1.93. The Bertz CT molecular complexity index is 343. The van der Waals surface area contributed by atoms with Gasteiger partial charge in [-0.2, -0.15) is 0 Å². The Morgan fingerprint density at radius 3 is 2.71 bits per heavy atom. The van der Waals surface area contributed by atoms with E-state index in [1.54, 1.807) is 0 Å². The SMILES string of the molecule is C=C(c1cccc(Br)c1)C1OCCO1. The molecule has 0 radical (unpaired) electrons. The Hall–Kier alpha value is -0.640. The number of benzene rings is 1. The molecule has 14 heavy (non-hydrogen) atoms. The van der Waals surface area contributed by atoms with Crippen molar-refractivity contribution in [3.05, 3.63) is 40.9 Å². The first-order chi connectivity index (χ1) is 6.77. The molecule has 0 bridgehead atoms. The van der Waals surface area contributed by atoms with Gasteiger partial charge in [0.25, 0.3) is 0 Å². The summed E-state index contributed by atoms with van der Waals surface area (Å²) in [5.74, 6) is 0. The fourth-order valence-electron chi connectivity index (χ4n) is 1.38.